The molecule has 154 valence electrons. The summed E-state index contributed by atoms with van der Waals surface area (Å²) < 4.78 is 10.0. The molecule has 1 atom stereocenters. The first-order chi connectivity index (χ1) is 13.7. The lowest BCUT2D eigenvalue weighted by atomic mass is 10.1. The summed E-state index contributed by atoms with van der Waals surface area (Å²) in [5, 5.41) is 2.62. The van der Waals surface area contributed by atoms with Crippen molar-refractivity contribution in [1.29, 1.82) is 0 Å². The molecule has 0 saturated heterocycles. The summed E-state index contributed by atoms with van der Waals surface area (Å²) in [4.78, 5) is 51.0. The average molecular weight is 400 g/mol. The lowest BCUT2D eigenvalue weighted by Crippen LogP contribution is -2.30. The minimum absolute atomic E-state index is 0.0794. The van der Waals surface area contributed by atoms with Crippen LogP contribution >= 0.6 is 0 Å². The van der Waals surface area contributed by atoms with Crippen LogP contribution < -0.4 is 5.32 Å². The molecule has 0 aliphatic heterocycles. The van der Waals surface area contributed by atoms with Gasteiger partial charge < -0.3 is 19.8 Å². The quantitative estimate of drug-likeness (QED) is 0.545. The van der Waals surface area contributed by atoms with Gasteiger partial charge in [0.1, 0.15) is 5.69 Å². The molecule has 1 aromatic heterocycles. The normalized spacial score (nSPS) is 11.5. The van der Waals surface area contributed by atoms with Gasteiger partial charge in [0.05, 0.1) is 12.7 Å². The molecule has 0 saturated carbocycles. The molecule has 0 spiro atoms. The number of rotatable bonds is 7. The highest BCUT2D eigenvalue weighted by atomic mass is 16.5. The Morgan fingerprint density at radius 2 is 1.72 bits per heavy atom. The molecule has 2 rings (SSSR count). The molecule has 2 N–H and O–H groups in total. The van der Waals surface area contributed by atoms with Crippen molar-refractivity contribution in [3.05, 3.63) is 52.3 Å². The number of aromatic amines is 1. The standard InChI is InChI=1S/C21H24N2O6/c1-6-16-17(20(26)28-5)11(2)18(23-16)21(27)29-13(4)19(25)22-15-9-7-14(8-10-15)12(3)24/h7-10,13,23H,6H2,1-5H3,(H,22,25). The number of carbonyl (C=O) groups is 4. The Labute approximate surface area is 168 Å². The fraction of sp³-hybridized carbons (Fsp3) is 0.333. The number of Topliss-reactive ketones (excluding diaryl/α,β-unsaturated/α-hetero) is 1. The highest BCUT2D eigenvalue weighted by Crippen LogP contribution is 2.21. The van der Waals surface area contributed by atoms with Crippen molar-refractivity contribution in [2.45, 2.75) is 40.2 Å². The van der Waals surface area contributed by atoms with Crippen molar-refractivity contribution < 1.29 is 28.7 Å². The van der Waals surface area contributed by atoms with E-state index in [9.17, 15) is 19.2 Å². The van der Waals surface area contributed by atoms with Gasteiger partial charge in [-0.15, -0.1) is 0 Å². The van der Waals surface area contributed by atoms with E-state index in [0.29, 0.717) is 34.5 Å². The Morgan fingerprint density at radius 1 is 1.10 bits per heavy atom. The Bertz CT molecular complexity index is 943. The fourth-order valence-electron chi connectivity index (χ4n) is 2.81. The molecule has 0 aliphatic rings. The molecule has 1 unspecified atom stereocenters. The Balaban J connectivity index is 2.10. The number of hydrogen-bond acceptors (Lipinski definition) is 6. The van der Waals surface area contributed by atoms with Crippen molar-refractivity contribution in [1.82, 2.24) is 4.98 Å². The van der Waals surface area contributed by atoms with Gasteiger partial charge in [0.15, 0.2) is 11.9 Å². The number of nitrogens with one attached hydrogen (secondary N) is 2. The van der Waals surface area contributed by atoms with E-state index in [0.717, 1.165) is 0 Å². The molecule has 0 radical (unpaired) electrons. The second-order valence-electron chi connectivity index (χ2n) is 6.49. The predicted octanol–water partition coefficient (Wildman–Crippen LogP) is 3.06. The van der Waals surface area contributed by atoms with E-state index in [4.69, 9.17) is 9.47 Å². The van der Waals surface area contributed by atoms with Crippen LogP contribution in [0.1, 0.15) is 63.2 Å². The molecule has 0 fully saturated rings. The molecule has 1 heterocycles. The molecule has 1 aromatic carbocycles. The van der Waals surface area contributed by atoms with E-state index in [2.05, 4.69) is 10.3 Å². The SMILES string of the molecule is CCc1[nH]c(C(=O)OC(C)C(=O)Nc2ccc(C(C)=O)cc2)c(C)c1C(=O)OC. The largest absolute Gasteiger partial charge is 0.465 e. The number of benzene rings is 1. The van der Waals surface area contributed by atoms with Crippen LogP contribution in [0.4, 0.5) is 5.69 Å². The van der Waals surface area contributed by atoms with Crippen molar-refractivity contribution in [2.75, 3.05) is 12.4 Å². The molecule has 8 nitrogen and oxygen atoms in total. The van der Waals surface area contributed by atoms with E-state index >= 15 is 0 Å². The summed E-state index contributed by atoms with van der Waals surface area (Å²) in [6, 6.07) is 6.37. The number of hydrogen-bond donors (Lipinski definition) is 2. The van der Waals surface area contributed by atoms with Crippen LogP contribution in [0.3, 0.4) is 0 Å². The average Bonchev–Trinajstić information content (AvgIpc) is 3.04. The predicted molar refractivity (Wildman–Crippen MR) is 106 cm³/mol. The summed E-state index contributed by atoms with van der Waals surface area (Å²) in [6.07, 6.45) is -0.588. The van der Waals surface area contributed by atoms with Crippen molar-refractivity contribution >= 4 is 29.3 Å². The number of methoxy groups -OCH3 is 1. The maximum Gasteiger partial charge on any atom is 0.355 e. The number of aryl methyl sites for hydroxylation is 1. The summed E-state index contributed by atoms with van der Waals surface area (Å²) in [5.41, 5.74) is 2.37. The van der Waals surface area contributed by atoms with Crippen LogP contribution in [0.25, 0.3) is 0 Å². The fourth-order valence-corrected chi connectivity index (χ4v) is 2.81. The van der Waals surface area contributed by atoms with Gasteiger partial charge in [0.2, 0.25) is 0 Å². The number of anilines is 1. The van der Waals surface area contributed by atoms with Crippen LogP contribution in [-0.4, -0.2) is 41.8 Å². The third kappa shape index (κ3) is 4.90. The van der Waals surface area contributed by atoms with Gasteiger partial charge >= 0.3 is 11.9 Å². The summed E-state index contributed by atoms with van der Waals surface area (Å²) >= 11 is 0. The molecule has 29 heavy (non-hydrogen) atoms. The molecule has 8 heteroatoms. The van der Waals surface area contributed by atoms with E-state index in [-0.39, 0.29) is 11.5 Å². The molecule has 0 bridgehead atoms. The molecule has 2 aromatic rings. The van der Waals surface area contributed by atoms with Gasteiger partial charge in [-0.3, -0.25) is 9.59 Å². The number of ether oxygens (including phenoxy) is 2. The number of ketones is 1. The number of aromatic nitrogens is 1. The Morgan fingerprint density at radius 3 is 2.24 bits per heavy atom. The molecular weight excluding hydrogens is 376 g/mol. The van der Waals surface area contributed by atoms with Crippen molar-refractivity contribution in [2.24, 2.45) is 0 Å². The number of esters is 2. The second-order valence-corrected chi connectivity index (χ2v) is 6.49. The number of H-pyrrole nitrogens is 1. The maximum absolute atomic E-state index is 12.5. The number of amides is 1. The Hall–Kier alpha value is -3.42. The van der Waals surface area contributed by atoms with E-state index in [1.54, 1.807) is 31.2 Å². The first-order valence-electron chi connectivity index (χ1n) is 9.12. The van der Waals surface area contributed by atoms with Gasteiger partial charge in [0.25, 0.3) is 5.91 Å². The minimum atomic E-state index is -1.08. The van der Waals surface area contributed by atoms with Crippen LogP contribution in [0.2, 0.25) is 0 Å². The summed E-state index contributed by atoms with van der Waals surface area (Å²) in [7, 11) is 1.27. The zero-order valence-electron chi connectivity index (χ0n) is 17.0. The van der Waals surface area contributed by atoms with Crippen LogP contribution in [0.15, 0.2) is 24.3 Å². The monoisotopic (exact) mass is 400 g/mol. The third-order valence-corrected chi connectivity index (χ3v) is 4.49. The third-order valence-electron chi connectivity index (χ3n) is 4.49. The lowest BCUT2D eigenvalue weighted by molar-refractivity contribution is -0.123. The van der Waals surface area contributed by atoms with Gasteiger partial charge in [0, 0.05) is 16.9 Å². The van der Waals surface area contributed by atoms with E-state index in [1.807, 2.05) is 6.92 Å². The van der Waals surface area contributed by atoms with Gasteiger partial charge in [-0.05, 0) is 57.0 Å². The Kier molecular flexibility index (Phi) is 6.93. The zero-order valence-corrected chi connectivity index (χ0v) is 17.0. The van der Waals surface area contributed by atoms with Gasteiger partial charge in [-0.25, -0.2) is 9.59 Å². The molecule has 0 aliphatic carbocycles. The van der Waals surface area contributed by atoms with E-state index in [1.165, 1.54) is 21.0 Å². The van der Waals surface area contributed by atoms with Crippen molar-refractivity contribution in [3.63, 3.8) is 0 Å². The molecular formula is C21H24N2O6. The van der Waals surface area contributed by atoms with E-state index < -0.39 is 23.9 Å². The second kappa shape index (κ2) is 9.18. The zero-order chi connectivity index (χ0) is 21.7. The summed E-state index contributed by atoms with van der Waals surface area (Å²) in [5.74, 6) is -1.90. The first kappa shape index (κ1) is 21.9. The van der Waals surface area contributed by atoms with Gasteiger partial charge in [-0.1, -0.05) is 6.92 Å². The first-order valence-corrected chi connectivity index (χ1v) is 9.12. The van der Waals surface area contributed by atoms with Gasteiger partial charge in [-0.2, -0.15) is 0 Å². The minimum Gasteiger partial charge on any atom is -0.465 e. The van der Waals surface area contributed by atoms with Crippen LogP contribution in [0, 0.1) is 6.92 Å². The van der Waals surface area contributed by atoms with Crippen LogP contribution in [-0.2, 0) is 20.7 Å². The highest BCUT2D eigenvalue weighted by Gasteiger charge is 2.27. The lowest BCUT2D eigenvalue weighted by Gasteiger charge is -2.13. The molecule has 1 amide bonds. The maximum atomic E-state index is 12.5. The van der Waals surface area contributed by atoms with Crippen LogP contribution in [0.5, 0.6) is 0 Å². The smallest absolute Gasteiger partial charge is 0.355 e. The number of carbonyl (C=O) groups excluding carboxylic acids is 4. The highest BCUT2D eigenvalue weighted by molar-refractivity contribution is 6.01. The van der Waals surface area contributed by atoms with Crippen molar-refractivity contribution in [3.8, 4) is 0 Å². The topological polar surface area (TPSA) is 115 Å². The summed E-state index contributed by atoms with van der Waals surface area (Å²) in [6.45, 7) is 6.34.